The van der Waals surface area contributed by atoms with Crippen molar-refractivity contribution < 1.29 is 15.3 Å². The molecule has 3 N–H and O–H groups in total. The van der Waals surface area contributed by atoms with Crippen LogP contribution in [0.4, 0.5) is 0 Å². The normalized spacial score (nSPS) is 8.57. The molecule has 0 heterocycles. The SMILES string of the molecule is OCC(O)CO.[Sr]. The van der Waals surface area contributed by atoms with Crippen LogP contribution in [0.15, 0.2) is 0 Å². The van der Waals surface area contributed by atoms with Gasteiger partial charge in [0.15, 0.2) is 0 Å². The van der Waals surface area contributed by atoms with Crippen molar-refractivity contribution in [3.8, 4) is 0 Å². The summed E-state index contributed by atoms with van der Waals surface area (Å²) in [5, 5.41) is 24.0. The van der Waals surface area contributed by atoms with Crippen LogP contribution < -0.4 is 0 Å². The van der Waals surface area contributed by atoms with Crippen LogP contribution in [-0.2, 0) is 0 Å². The summed E-state index contributed by atoms with van der Waals surface area (Å²) in [4.78, 5) is 0. The van der Waals surface area contributed by atoms with Crippen molar-refractivity contribution in [1.29, 1.82) is 0 Å². The minimum Gasteiger partial charge on any atom is -0.394 e. The van der Waals surface area contributed by atoms with Crippen LogP contribution in [-0.4, -0.2) is 80.1 Å². The molecule has 0 aromatic rings. The first-order valence-electron chi connectivity index (χ1n) is 1.71. The van der Waals surface area contributed by atoms with Gasteiger partial charge >= 0.3 is 0 Å². The molecule has 0 aliphatic rings. The number of aliphatic hydroxyl groups excluding tert-OH is 3. The van der Waals surface area contributed by atoms with Gasteiger partial charge in [-0.15, -0.1) is 0 Å². The van der Waals surface area contributed by atoms with Gasteiger partial charge in [-0.05, 0) is 0 Å². The van der Waals surface area contributed by atoms with Gasteiger partial charge < -0.3 is 15.3 Å². The maximum Gasteiger partial charge on any atom is 0.100 e. The summed E-state index contributed by atoms with van der Waals surface area (Å²) in [5.41, 5.74) is 0. The van der Waals surface area contributed by atoms with E-state index >= 15 is 0 Å². The first kappa shape index (κ1) is 11.2. The maximum absolute atomic E-state index is 8.17. The van der Waals surface area contributed by atoms with Gasteiger partial charge in [0.25, 0.3) is 0 Å². The molecule has 0 unspecified atom stereocenters. The van der Waals surface area contributed by atoms with Gasteiger partial charge in [-0.3, -0.25) is 0 Å². The molecule has 0 rings (SSSR count). The smallest absolute Gasteiger partial charge is 0.100 e. The second-order valence-corrected chi connectivity index (χ2v) is 1.02. The Kier molecular flexibility index (Phi) is 11.8. The van der Waals surface area contributed by atoms with E-state index < -0.39 is 6.10 Å². The third-order valence-corrected chi connectivity index (χ3v) is 0.421. The second-order valence-electron chi connectivity index (χ2n) is 1.02. The zero-order chi connectivity index (χ0) is 4.99. The molecule has 0 amide bonds. The van der Waals surface area contributed by atoms with Gasteiger partial charge in [0.2, 0.25) is 0 Å². The Morgan fingerprint density at radius 2 is 1.43 bits per heavy atom. The minimum absolute atomic E-state index is 0. The van der Waals surface area contributed by atoms with Gasteiger partial charge in [-0.1, -0.05) is 0 Å². The van der Waals surface area contributed by atoms with E-state index in [1.54, 1.807) is 0 Å². The Labute approximate surface area is 79.2 Å². The van der Waals surface area contributed by atoms with Crippen LogP contribution in [0.25, 0.3) is 0 Å². The fourth-order valence-corrected chi connectivity index (χ4v) is 0.0577. The van der Waals surface area contributed by atoms with E-state index in [0.29, 0.717) is 0 Å². The van der Waals surface area contributed by atoms with Gasteiger partial charge in [0.1, 0.15) is 6.10 Å². The second kappa shape index (κ2) is 7.36. The summed E-state index contributed by atoms with van der Waals surface area (Å²) >= 11 is 0. The summed E-state index contributed by atoms with van der Waals surface area (Å²) in [6, 6.07) is 0. The molecule has 7 heavy (non-hydrogen) atoms. The fraction of sp³-hybridized carbons (Fsp3) is 1.00. The Bertz CT molecular complexity index is 29.4. The quantitative estimate of drug-likeness (QED) is 0.428. The summed E-state index contributed by atoms with van der Waals surface area (Å²) in [5.74, 6) is 0. The molecule has 0 saturated carbocycles. The third-order valence-electron chi connectivity index (χ3n) is 0.421. The maximum atomic E-state index is 8.17. The van der Waals surface area contributed by atoms with E-state index in [1.807, 2.05) is 0 Å². The van der Waals surface area contributed by atoms with Crippen LogP contribution >= 0.6 is 0 Å². The van der Waals surface area contributed by atoms with E-state index in [1.165, 1.54) is 0 Å². The monoisotopic (exact) mass is 180 g/mol. The number of rotatable bonds is 2. The molecular weight excluding hydrogens is 172 g/mol. The topological polar surface area (TPSA) is 60.7 Å². The van der Waals surface area contributed by atoms with Crippen LogP contribution in [0.5, 0.6) is 0 Å². The zero-order valence-electron chi connectivity index (χ0n) is 4.04. The average Bonchev–Trinajstić information content (AvgIpc) is 1.65. The molecule has 40 valence electrons. The molecule has 0 aromatic carbocycles. The molecule has 0 aromatic heterocycles. The zero-order valence-corrected chi connectivity index (χ0v) is 7.52. The molecule has 0 saturated heterocycles. The Balaban J connectivity index is 0. The third kappa shape index (κ3) is 7.36. The predicted molar refractivity (Wildman–Crippen MR) is 25.9 cm³/mol. The van der Waals surface area contributed by atoms with Crippen molar-refractivity contribution in [2.45, 2.75) is 6.10 Å². The first-order chi connectivity index (χ1) is 2.81. The Hall–Kier alpha value is 1.36. The molecule has 0 spiro atoms. The first-order valence-corrected chi connectivity index (χ1v) is 1.71. The van der Waals surface area contributed by atoms with Crippen LogP contribution in [0.2, 0.25) is 0 Å². The van der Waals surface area contributed by atoms with Crippen molar-refractivity contribution >= 4 is 45.5 Å². The molecule has 0 aliphatic heterocycles. The van der Waals surface area contributed by atoms with Gasteiger partial charge in [-0.25, -0.2) is 0 Å². The summed E-state index contributed by atoms with van der Waals surface area (Å²) in [6.07, 6.45) is -0.954. The number of aliphatic hydroxyl groups is 3. The van der Waals surface area contributed by atoms with Crippen molar-refractivity contribution in [1.82, 2.24) is 0 Å². The van der Waals surface area contributed by atoms with Gasteiger partial charge in [-0.2, -0.15) is 0 Å². The van der Waals surface area contributed by atoms with Crippen molar-refractivity contribution in [2.24, 2.45) is 0 Å². The fourth-order valence-electron chi connectivity index (χ4n) is 0.0577. The largest absolute Gasteiger partial charge is 0.394 e. The van der Waals surface area contributed by atoms with Gasteiger partial charge in [0.05, 0.1) is 13.2 Å². The van der Waals surface area contributed by atoms with Crippen LogP contribution in [0, 0.1) is 0 Å². The van der Waals surface area contributed by atoms with E-state index in [4.69, 9.17) is 15.3 Å². The Morgan fingerprint density at radius 1 is 1.14 bits per heavy atom. The van der Waals surface area contributed by atoms with Crippen molar-refractivity contribution in [2.75, 3.05) is 13.2 Å². The molecule has 0 fully saturated rings. The molecule has 0 atom stereocenters. The van der Waals surface area contributed by atoms with E-state index in [-0.39, 0.29) is 58.7 Å². The predicted octanol–water partition coefficient (Wildman–Crippen LogP) is -2.05. The number of hydrogen-bond acceptors (Lipinski definition) is 3. The molecule has 2 radical (unpaired) electrons. The molecule has 4 heteroatoms. The van der Waals surface area contributed by atoms with Crippen LogP contribution in [0.1, 0.15) is 0 Å². The number of hydrogen-bond donors (Lipinski definition) is 3. The average molecular weight is 180 g/mol. The summed E-state index contributed by atoms with van der Waals surface area (Å²) in [7, 11) is 0. The van der Waals surface area contributed by atoms with Crippen molar-refractivity contribution in [3.05, 3.63) is 0 Å². The van der Waals surface area contributed by atoms with E-state index in [9.17, 15) is 0 Å². The minimum atomic E-state index is -0.954. The van der Waals surface area contributed by atoms with Crippen LogP contribution in [0.3, 0.4) is 0 Å². The molecule has 3 nitrogen and oxygen atoms in total. The van der Waals surface area contributed by atoms with E-state index in [2.05, 4.69) is 0 Å². The molecule has 0 aliphatic carbocycles. The summed E-state index contributed by atoms with van der Waals surface area (Å²) < 4.78 is 0. The summed E-state index contributed by atoms with van der Waals surface area (Å²) in [6.45, 7) is -0.729. The molecule has 0 bridgehead atoms. The van der Waals surface area contributed by atoms with E-state index in [0.717, 1.165) is 0 Å². The molecular formula is C3H8O3Sr. The van der Waals surface area contributed by atoms with Crippen molar-refractivity contribution in [3.63, 3.8) is 0 Å². The standard InChI is InChI=1S/C3H8O3.Sr/c4-1-3(6)2-5;/h3-6H,1-2H2;. The van der Waals surface area contributed by atoms with Gasteiger partial charge in [0, 0.05) is 45.5 Å². The Morgan fingerprint density at radius 3 is 1.43 bits per heavy atom.